The second kappa shape index (κ2) is 7.38. The van der Waals surface area contributed by atoms with E-state index in [4.69, 9.17) is 9.84 Å². The number of amides is 1. The second-order valence-corrected chi connectivity index (χ2v) is 6.63. The van der Waals surface area contributed by atoms with E-state index in [1.807, 2.05) is 0 Å². The molecule has 0 radical (unpaired) electrons. The molecule has 1 aromatic heterocycles. The lowest BCUT2D eigenvalue weighted by Crippen LogP contribution is -2.25. The molecular formula is C20H15F3N2O5. The normalized spacial score (nSPS) is 16.7. The van der Waals surface area contributed by atoms with Crippen LogP contribution in [0, 0.1) is 0 Å². The van der Waals surface area contributed by atoms with Gasteiger partial charge in [-0.05, 0) is 35.7 Å². The Labute approximate surface area is 167 Å². The predicted molar refractivity (Wildman–Crippen MR) is 101 cm³/mol. The van der Waals surface area contributed by atoms with Crippen LogP contribution in [0.3, 0.4) is 0 Å². The van der Waals surface area contributed by atoms with Crippen LogP contribution in [-0.2, 0) is 4.74 Å². The number of nitrogens with zero attached hydrogens (tertiary/aromatic N) is 1. The molecule has 1 fully saturated rings. The number of halogens is 3. The maximum Gasteiger partial charge on any atom is 0.573 e. The van der Waals surface area contributed by atoms with Gasteiger partial charge in [-0.2, -0.15) is 0 Å². The predicted octanol–water partition coefficient (Wildman–Crippen LogP) is 3.41. The van der Waals surface area contributed by atoms with Crippen molar-refractivity contribution in [1.29, 1.82) is 0 Å². The van der Waals surface area contributed by atoms with Gasteiger partial charge < -0.3 is 19.6 Å². The highest BCUT2D eigenvalue weighted by molar-refractivity contribution is 5.94. The molecule has 0 aliphatic carbocycles. The molecule has 1 atom stereocenters. The van der Waals surface area contributed by atoms with Gasteiger partial charge in [-0.15, -0.1) is 13.2 Å². The first-order valence-electron chi connectivity index (χ1n) is 8.86. The summed E-state index contributed by atoms with van der Waals surface area (Å²) in [6.07, 6.45) is -6.17. The number of ether oxygens (including phenoxy) is 2. The number of nitrogens with one attached hydrogen (secondary N) is 1. The summed E-state index contributed by atoms with van der Waals surface area (Å²) in [4.78, 5) is 28.5. The molecule has 1 saturated heterocycles. The fourth-order valence-electron chi connectivity index (χ4n) is 3.29. The first-order valence-corrected chi connectivity index (χ1v) is 8.86. The number of para-hydroxylation sites is 1. The molecule has 1 aliphatic heterocycles. The molecule has 1 aliphatic rings. The first kappa shape index (κ1) is 19.8. The number of alkyl halides is 3. The smallest absolute Gasteiger partial charge is 0.441 e. The Morgan fingerprint density at radius 2 is 1.93 bits per heavy atom. The number of cyclic esters (lactones) is 1. The van der Waals surface area contributed by atoms with Gasteiger partial charge in [0.05, 0.1) is 18.8 Å². The fourth-order valence-corrected chi connectivity index (χ4v) is 3.29. The van der Waals surface area contributed by atoms with Crippen molar-refractivity contribution in [3.05, 3.63) is 58.9 Å². The van der Waals surface area contributed by atoms with Crippen molar-refractivity contribution in [2.24, 2.45) is 0 Å². The molecule has 0 bridgehead atoms. The van der Waals surface area contributed by atoms with Crippen LogP contribution < -0.4 is 15.2 Å². The number of carbonyl (C=O) groups excluding carboxylic acids is 1. The zero-order valence-corrected chi connectivity index (χ0v) is 15.3. The highest BCUT2D eigenvalue weighted by Gasteiger charge is 2.33. The van der Waals surface area contributed by atoms with Gasteiger partial charge in [0.15, 0.2) is 0 Å². The molecule has 10 heteroatoms. The number of aliphatic hydroxyl groups is 1. The van der Waals surface area contributed by atoms with Gasteiger partial charge >= 0.3 is 12.5 Å². The van der Waals surface area contributed by atoms with Crippen LogP contribution in [0.25, 0.3) is 22.0 Å². The summed E-state index contributed by atoms with van der Waals surface area (Å²) in [7, 11) is 0. The minimum Gasteiger partial charge on any atom is -0.441 e. The molecule has 156 valence electrons. The summed E-state index contributed by atoms with van der Waals surface area (Å²) in [5.74, 6) is -0.438. The van der Waals surface area contributed by atoms with Crippen LogP contribution in [0.5, 0.6) is 5.75 Å². The molecular weight excluding hydrogens is 405 g/mol. The largest absolute Gasteiger partial charge is 0.573 e. The number of rotatable bonds is 4. The minimum atomic E-state index is -4.88. The Morgan fingerprint density at radius 1 is 1.17 bits per heavy atom. The fraction of sp³-hybridized carbons (Fsp3) is 0.200. The SMILES string of the molecule is O=C1O[C@H](CO)CN1c1ccc2cc(-c3ccccc3OC(F)(F)F)[nH]c(=O)c2c1. The van der Waals surface area contributed by atoms with Gasteiger partial charge in [0, 0.05) is 16.6 Å². The highest BCUT2D eigenvalue weighted by atomic mass is 19.4. The maximum atomic E-state index is 12.7. The van der Waals surface area contributed by atoms with Crippen molar-refractivity contribution in [2.45, 2.75) is 12.5 Å². The Morgan fingerprint density at radius 3 is 2.63 bits per heavy atom. The standard InChI is InChI=1S/C20H15F3N2O5/c21-20(22,23)30-17-4-2-1-3-14(17)16-7-11-5-6-12(8-15(11)18(27)24-16)25-9-13(10-26)29-19(25)28/h1-8,13,26H,9-10H2,(H,24,27)/t13-/m0/s1. The molecule has 2 heterocycles. The van der Waals surface area contributed by atoms with E-state index in [-0.39, 0.29) is 29.8 Å². The van der Waals surface area contributed by atoms with Crippen molar-refractivity contribution >= 4 is 22.6 Å². The van der Waals surface area contributed by atoms with Gasteiger partial charge in [-0.1, -0.05) is 18.2 Å². The Bertz CT molecular complexity index is 1180. The zero-order chi connectivity index (χ0) is 21.5. The zero-order valence-electron chi connectivity index (χ0n) is 15.3. The quantitative estimate of drug-likeness (QED) is 0.675. The summed E-state index contributed by atoms with van der Waals surface area (Å²) in [6, 6.07) is 11.7. The van der Waals surface area contributed by atoms with E-state index < -0.39 is 29.9 Å². The van der Waals surface area contributed by atoms with Crippen LogP contribution in [-0.4, -0.2) is 41.8 Å². The third-order valence-corrected chi connectivity index (χ3v) is 4.62. The number of fused-ring (bicyclic) bond motifs is 1. The lowest BCUT2D eigenvalue weighted by Gasteiger charge is -2.15. The van der Waals surface area contributed by atoms with Gasteiger partial charge in [0.25, 0.3) is 5.56 Å². The van der Waals surface area contributed by atoms with Crippen LogP contribution in [0.4, 0.5) is 23.7 Å². The molecule has 0 saturated carbocycles. The third kappa shape index (κ3) is 3.81. The lowest BCUT2D eigenvalue weighted by molar-refractivity contribution is -0.274. The number of hydrogen-bond donors (Lipinski definition) is 2. The maximum absolute atomic E-state index is 12.7. The number of aromatic nitrogens is 1. The summed E-state index contributed by atoms with van der Waals surface area (Å²) in [5, 5.41) is 9.86. The monoisotopic (exact) mass is 420 g/mol. The van der Waals surface area contributed by atoms with E-state index in [0.29, 0.717) is 11.1 Å². The molecule has 0 unspecified atom stereocenters. The van der Waals surface area contributed by atoms with Gasteiger partial charge in [0.1, 0.15) is 11.9 Å². The Balaban J connectivity index is 1.75. The average Bonchev–Trinajstić information content (AvgIpc) is 3.08. The number of anilines is 1. The molecule has 1 amide bonds. The summed E-state index contributed by atoms with van der Waals surface area (Å²) >= 11 is 0. The summed E-state index contributed by atoms with van der Waals surface area (Å²) < 4.78 is 47.1. The number of pyridine rings is 1. The van der Waals surface area contributed by atoms with Gasteiger partial charge in [0.2, 0.25) is 0 Å². The number of benzene rings is 2. The van der Waals surface area contributed by atoms with E-state index in [1.165, 1.54) is 35.2 Å². The van der Waals surface area contributed by atoms with E-state index in [0.717, 1.165) is 6.07 Å². The van der Waals surface area contributed by atoms with Crippen molar-refractivity contribution in [3.63, 3.8) is 0 Å². The van der Waals surface area contributed by atoms with Crippen LogP contribution in [0.15, 0.2) is 53.3 Å². The van der Waals surface area contributed by atoms with Crippen LogP contribution >= 0.6 is 0 Å². The number of aliphatic hydroxyl groups excluding tert-OH is 1. The minimum absolute atomic E-state index is 0.0757. The van der Waals surface area contributed by atoms with Crippen molar-refractivity contribution < 1.29 is 32.5 Å². The van der Waals surface area contributed by atoms with E-state index >= 15 is 0 Å². The molecule has 2 N–H and O–H groups in total. The van der Waals surface area contributed by atoms with Gasteiger partial charge in [-0.3, -0.25) is 9.69 Å². The summed E-state index contributed by atoms with van der Waals surface area (Å²) in [6.45, 7) is -0.182. The van der Waals surface area contributed by atoms with E-state index in [9.17, 15) is 22.8 Å². The second-order valence-electron chi connectivity index (χ2n) is 6.63. The van der Waals surface area contributed by atoms with Crippen LogP contribution in [0.1, 0.15) is 0 Å². The van der Waals surface area contributed by atoms with Crippen molar-refractivity contribution in [1.82, 2.24) is 4.98 Å². The molecule has 0 spiro atoms. The molecule has 30 heavy (non-hydrogen) atoms. The van der Waals surface area contributed by atoms with Gasteiger partial charge in [-0.25, -0.2) is 4.79 Å². The third-order valence-electron chi connectivity index (χ3n) is 4.62. The average molecular weight is 420 g/mol. The van der Waals surface area contributed by atoms with Crippen molar-refractivity contribution in [2.75, 3.05) is 18.1 Å². The number of carbonyl (C=O) groups is 1. The number of aromatic amines is 1. The van der Waals surface area contributed by atoms with Crippen LogP contribution in [0.2, 0.25) is 0 Å². The number of hydrogen-bond acceptors (Lipinski definition) is 5. The van der Waals surface area contributed by atoms with Crippen molar-refractivity contribution in [3.8, 4) is 17.0 Å². The molecule has 7 nitrogen and oxygen atoms in total. The molecule has 3 aromatic rings. The van der Waals surface area contributed by atoms with E-state index in [2.05, 4.69) is 9.72 Å². The first-order chi connectivity index (χ1) is 14.2. The Hall–Kier alpha value is -3.53. The molecule has 4 rings (SSSR count). The Kier molecular flexibility index (Phi) is 4.86. The van der Waals surface area contributed by atoms with E-state index in [1.54, 1.807) is 12.1 Å². The number of H-pyrrole nitrogens is 1. The topological polar surface area (TPSA) is 91.9 Å². The molecule has 2 aromatic carbocycles. The highest BCUT2D eigenvalue weighted by Crippen LogP contribution is 2.33. The lowest BCUT2D eigenvalue weighted by atomic mass is 10.1. The summed E-state index contributed by atoms with van der Waals surface area (Å²) in [5.41, 5.74) is 0.0905.